The Hall–Kier alpha value is -1.96. The van der Waals surface area contributed by atoms with Crippen LogP contribution in [0, 0.1) is 11.6 Å². The Morgan fingerprint density at radius 3 is 2.57 bits per heavy atom. The SMILES string of the molecule is CCNc1ncnc(Nc2cc(F)c(Br)cc2F)c1OC. The highest BCUT2D eigenvalue weighted by Crippen LogP contribution is 2.33. The molecular formula is C13H13BrF2N4O. The molecule has 5 nitrogen and oxygen atoms in total. The minimum atomic E-state index is -0.617. The van der Waals surface area contributed by atoms with E-state index in [-0.39, 0.29) is 16.0 Å². The summed E-state index contributed by atoms with van der Waals surface area (Å²) in [5, 5.41) is 5.70. The van der Waals surface area contributed by atoms with Gasteiger partial charge in [0, 0.05) is 12.6 Å². The zero-order valence-electron chi connectivity index (χ0n) is 11.4. The molecule has 0 saturated carbocycles. The van der Waals surface area contributed by atoms with Gasteiger partial charge in [0.1, 0.15) is 18.0 Å². The molecule has 112 valence electrons. The van der Waals surface area contributed by atoms with Crippen LogP contribution in [0.15, 0.2) is 22.9 Å². The molecule has 0 unspecified atom stereocenters. The first-order chi connectivity index (χ1) is 10.1. The molecule has 0 amide bonds. The Balaban J connectivity index is 2.40. The van der Waals surface area contributed by atoms with Gasteiger partial charge < -0.3 is 15.4 Å². The number of nitrogens with one attached hydrogen (secondary N) is 2. The second-order valence-electron chi connectivity index (χ2n) is 4.01. The lowest BCUT2D eigenvalue weighted by Gasteiger charge is -2.14. The Morgan fingerprint density at radius 1 is 1.19 bits per heavy atom. The summed E-state index contributed by atoms with van der Waals surface area (Å²) in [5.41, 5.74) is -0.0462. The summed E-state index contributed by atoms with van der Waals surface area (Å²) in [6.07, 6.45) is 1.30. The number of halogens is 3. The third-order valence-electron chi connectivity index (χ3n) is 2.62. The van der Waals surface area contributed by atoms with Crippen LogP contribution in [0.2, 0.25) is 0 Å². The number of benzene rings is 1. The number of hydrogen-bond acceptors (Lipinski definition) is 5. The van der Waals surface area contributed by atoms with Crippen molar-refractivity contribution in [2.45, 2.75) is 6.92 Å². The van der Waals surface area contributed by atoms with Crippen LogP contribution in [-0.4, -0.2) is 23.6 Å². The van der Waals surface area contributed by atoms with Crippen LogP contribution in [0.1, 0.15) is 6.92 Å². The first kappa shape index (κ1) is 15.4. The molecule has 0 bridgehead atoms. The normalized spacial score (nSPS) is 10.3. The van der Waals surface area contributed by atoms with Gasteiger partial charge in [-0.3, -0.25) is 0 Å². The largest absolute Gasteiger partial charge is 0.490 e. The Labute approximate surface area is 128 Å². The Morgan fingerprint density at radius 2 is 1.90 bits per heavy atom. The van der Waals surface area contributed by atoms with Crippen LogP contribution in [-0.2, 0) is 0 Å². The molecule has 0 atom stereocenters. The van der Waals surface area contributed by atoms with Crippen molar-refractivity contribution in [2.75, 3.05) is 24.3 Å². The van der Waals surface area contributed by atoms with Crippen LogP contribution in [0.4, 0.5) is 26.1 Å². The fourth-order valence-electron chi connectivity index (χ4n) is 1.70. The minimum Gasteiger partial charge on any atom is -0.490 e. The lowest BCUT2D eigenvalue weighted by molar-refractivity contribution is 0.415. The average Bonchev–Trinajstić information content (AvgIpc) is 2.45. The lowest BCUT2D eigenvalue weighted by Crippen LogP contribution is -2.06. The first-order valence-corrected chi connectivity index (χ1v) is 6.90. The summed E-state index contributed by atoms with van der Waals surface area (Å²) in [6.45, 7) is 2.53. The zero-order valence-corrected chi connectivity index (χ0v) is 13.0. The Bertz CT molecular complexity index is 654. The third kappa shape index (κ3) is 3.38. The number of nitrogens with zero attached hydrogens (tertiary/aromatic N) is 2. The van der Waals surface area contributed by atoms with E-state index in [4.69, 9.17) is 4.74 Å². The van der Waals surface area contributed by atoms with Gasteiger partial charge in [-0.25, -0.2) is 18.7 Å². The summed E-state index contributed by atoms with van der Waals surface area (Å²) in [5.74, 6) is -0.172. The van der Waals surface area contributed by atoms with E-state index >= 15 is 0 Å². The van der Waals surface area contributed by atoms with E-state index in [0.29, 0.717) is 18.1 Å². The number of anilines is 3. The molecule has 0 aliphatic carbocycles. The molecule has 0 radical (unpaired) electrons. The van der Waals surface area contributed by atoms with Crippen molar-refractivity contribution in [3.63, 3.8) is 0 Å². The number of ether oxygens (including phenoxy) is 1. The van der Waals surface area contributed by atoms with Crippen molar-refractivity contribution >= 4 is 33.3 Å². The maximum Gasteiger partial charge on any atom is 0.204 e. The van der Waals surface area contributed by atoms with Crippen LogP contribution in [0.5, 0.6) is 5.75 Å². The molecule has 21 heavy (non-hydrogen) atoms. The predicted octanol–water partition coefficient (Wildman–Crippen LogP) is 3.70. The molecule has 2 rings (SSSR count). The fourth-order valence-corrected chi connectivity index (χ4v) is 2.01. The van der Waals surface area contributed by atoms with E-state index in [0.717, 1.165) is 12.1 Å². The fraction of sp³-hybridized carbons (Fsp3) is 0.231. The second-order valence-corrected chi connectivity index (χ2v) is 4.86. The summed E-state index contributed by atoms with van der Waals surface area (Å²) < 4.78 is 32.6. The van der Waals surface area contributed by atoms with Gasteiger partial charge in [0.25, 0.3) is 0 Å². The van der Waals surface area contributed by atoms with E-state index in [1.807, 2.05) is 6.92 Å². The number of hydrogen-bond donors (Lipinski definition) is 2. The minimum absolute atomic E-state index is 0.0462. The molecule has 1 heterocycles. The molecule has 2 aromatic rings. The van der Waals surface area contributed by atoms with Gasteiger partial charge in [0.15, 0.2) is 11.6 Å². The maximum absolute atomic E-state index is 13.8. The number of methoxy groups -OCH3 is 1. The van der Waals surface area contributed by atoms with Crippen LogP contribution in [0.3, 0.4) is 0 Å². The summed E-state index contributed by atoms with van der Waals surface area (Å²) in [4.78, 5) is 8.03. The summed E-state index contributed by atoms with van der Waals surface area (Å²) >= 11 is 2.92. The molecule has 0 aliphatic rings. The van der Waals surface area contributed by atoms with Crippen molar-refractivity contribution in [1.82, 2.24) is 9.97 Å². The maximum atomic E-state index is 13.8. The molecule has 2 N–H and O–H groups in total. The summed E-state index contributed by atoms with van der Waals surface area (Å²) in [6, 6.07) is 2.07. The highest BCUT2D eigenvalue weighted by atomic mass is 79.9. The van der Waals surface area contributed by atoms with E-state index in [1.165, 1.54) is 13.4 Å². The van der Waals surface area contributed by atoms with E-state index in [2.05, 4.69) is 36.5 Å². The number of aromatic nitrogens is 2. The van der Waals surface area contributed by atoms with E-state index in [9.17, 15) is 8.78 Å². The molecule has 8 heteroatoms. The van der Waals surface area contributed by atoms with Gasteiger partial charge in [-0.2, -0.15) is 0 Å². The van der Waals surface area contributed by atoms with E-state index in [1.54, 1.807) is 0 Å². The van der Waals surface area contributed by atoms with Crippen LogP contribution >= 0.6 is 15.9 Å². The molecule has 0 aliphatic heterocycles. The van der Waals surface area contributed by atoms with Crippen molar-refractivity contribution < 1.29 is 13.5 Å². The van der Waals surface area contributed by atoms with Crippen LogP contribution < -0.4 is 15.4 Å². The molecule has 0 fully saturated rings. The van der Waals surface area contributed by atoms with Gasteiger partial charge in [-0.05, 0) is 28.9 Å². The molecule has 1 aromatic heterocycles. The molecular weight excluding hydrogens is 346 g/mol. The van der Waals surface area contributed by atoms with Gasteiger partial charge in [-0.1, -0.05) is 0 Å². The third-order valence-corrected chi connectivity index (χ3v) is 3.22. The number of rotatable bonds is 5. The van der Waals surface area contributed by atoms with Crippen LogP contribution in [0.25, 0.3) is 0 Å². The summed E-state index contributed by atoms with van der Waals surface area (Å²) in [7, 11) is 1.45. The standard InChI is InChI=1S/C13H13BrF2N4O/c1-3-17-12-11(21-2)13(19-6-18-12)20-10-5-8(15)7(14)4-9(10)16/h4-6H,3H2,1-2H3,(H2,17,18,19,20). The van der Waals surface area contributed by atoms with Gasteiger partial charge in [0.05, 0.1) is 17.3 Å². The lowest BCUT2D eigenvalue weighted by atomic mass is 10.3. The van der Waals surface area contributed by atoms with Crippen molar-refractivity contribution in [2.24, 2.45) is 0 Å². The van der Waals surface area contributed by atoms with Crippen molar-refractivity contribution in [1.29, 1.82) is 0 Å². The highest BCUT2D eigenvalue weighted by Gasteiger charge is 2.15. The quantitative estimate of drug-likeness (QED) is 0.798. The topological polar surface area (TPSA) is 59.1 Å². The molecule has 0 saturated heterocycles. The molecule has 1 aromatic carbocycles. The average molecular weight is 359 g/mol. The smallest absolute Gasteiger partial charge is 0.204 e. The Kier molecular flexibility index (Phi) is 4.89. The van der Waals surface area contributed by atoms with Crippen molar-refractivity contribution in [3.05, 3.63) is 34.6 Å². The van der Waals surface area contributed by atoms with Gasteiger partial charge in [-0.15, -0.1) is 0 Å². The predicted molar refractivity (Wildman–Crippen MR) is 80.1 cm³/mol. The monoisotopic (exact) mass is 358 g/mol. The zero-order chi connectivity index (χ0) is 15.4. The molecule has 0 spiro atoms. The van der Waals surface area contributed by atoms with E-state index < -0.39 is 11.6 Å². The van der Waals surface area contributed by atoms with Gasteiger partial charge >= 0.3 is 0 Å². The first-order valence-electron chi connectivity index (χ1n) is 6.11. The highest BCUT2D eigenvalue weighted by molar-refractivity contribution is 9.10. The second kappa shape index (κ2) is 6.66. The van der Waals surface area contributed by atoms with Gasteiger partial charge in [0.2, 0.25) is 5.75 Å². The van der Waals surface area contributed by atoms with Crippen molar-refractivity contribution in [3.8, 4) is 5.75 Å².